The molecule has 1 aliphatic carbocycles. The van der Waals surface area contributed by atoms with Crippen molar-refractivity contribution in [2.45, 2.75) is 31.6 Å². The van der Waals surface area contributed by atoms with Crippen LogP contribution in [0.25, 0.3) is 0 Å². The SMILES string of the molecule is Cc1ccc(S(=O)(=O)NC(=O)COCC2CC2)cc1C. The molecule has 0 unspecified atom stereocenters. The van der Waals surface area contributed by atoms with Crippen LogP contribution in [0.15, 0.2) is 23.1 Å². The van der Waals surface area contributed by atoms with Crippen LogP contribution in [0.4, 0.5) is 0 Å². The minimum atomic E-state index is -3.81. The van der Waals surface area contributed by atoms with Crippen LogP contribution in [0.1, 0.15) is 24.0 Å². The van der Waals surface area contributed by atoms with E-state index >= 15 is 0 Å². The molecule has 1 saturated carbocycles. The molecule has 1 aromatic carbocycles. The molecular weight excluding hydrogens is 278 g/mol. The van der Waals surface area contributed by atoms with E-state index in [4.69, 9.17) is 4.74 Å². The molecule has 110 valence electrons. The van der Waals surface area contributed by atoms with Crippen molar-refractivity contribution in [1.82, 2.24) is 4.72 Å². The predicted octanol–water partition coefficient (Wildman–Crippen LogP) is 1.53. The Morgan fingerprint density at radius 1 is 1.30 bits per heavy atom. The lowest BCUT2D eigenvalue weighted by atomic mass is 10.1. The van der Waals surface area contributed by atoms with E-state index in [0.29, 0.717) is 12.5 Å². The van der Waals surface area contributed by atoms with Gasteiger partial charge in [-0.05, 0) is 55.9 Å². The molecule has 0 saturated heterocycles. The Morgan fingerprint density at radius 3 is 2.60 bits per heavy atom. The van der Waals surface area contributed by atoms with E-state index in [1.807, 2.05) is 18.6 Å². The van der Waals surface area contributed by atoms with E-state index in [1.54, 1.807) is 12.1 Å². The molecule has 1 aromatic rings. The number of amides is 1. The number of benzene rings is 1. The van der Waals surface area contributed by atoms with Crippen LogP contribution >= 0.6 is 0 Å². The maximum absolute atomic E-state index is 12.0. The lowest BCUT2D eigenvalue weighted by Crippen LogP contribution is -2.33. The molecule has 2 rings (SSSR count). The molecule has 20 heavy (non-hydrogen) atoms. The fraction of sp³-hybridized carbons (Fsp3) is 0.500. The van der Waals surface area contributed by atoms with Gasteiger partial charge < -0.3 is 4.74 Å². The number of hydrogen-bond donors (Lipinski definition) is 1. The van der Waals surface area contributed by atoms with Gasteiger partial charge in [0.2, 0.25) is 0 Å². The number of carbonyl (C=O) groups is 1. The Hall–Kier alpha value is -1.40. The van der Waals surface area contributed by atoms with Gasteiger partial charge in [0.05, 0.1) is 11.5 Å². The molecule has 0 aliphatic heterocycles. The summed E-state index contributed by atoms with van der Waals surface area (Å²) in [6, 6.07) is 4.76. The second kappa shape index (κ2) is 5.93. The molecule has 0 bridgehead atoms. The van der Waals surface area contributed by atoms with Crippen LogP contribution in [-0.4, -0.2) is 27.5 Å². The van der Waals surface area contributed by atoms with Crippen LogP contribution in [0.5, 0.6) is 0 Å². The maximum atomic E-state index is 12.0. The van der Waals surface area contributed by atoms with Gasteiger partial charge in [0.1, 0.15) is 6.61 Å². The third-order valence-electron chi connectivity index (χ3n) is 3.32. The second-order valence-electron chi connectivity index (χ2n) is 5.23. The highest BCUT2D eigenvalue weighted by Gasteiger charge is 2.22. The third kappa shape index (κ3) is 4.05. The zero-order valence-electron chi connectivity index (χ0n) is 11.7. The highest BCUT2D eigenvalue weighted by molar-refractivity contribution is 7.90. The molecular formula is C14H19NO4S. The fourth-order valence-electron chi connectivity index (χ4n) is 1.72. The first-order chi connectivity index (χ1) is 9.38. The summed E-state index contributed by atoms with van der Waals surface area (Å²) >= 11 is 0. The number of nitrogens with one attached hydrogen (secondary N) is 1. The largest absolute Gasteiger partial charge is 0.371 e. The van der Waals surface area contributed by atoms with Gasteiger partial charge in [0.25, 0.3) is 15.9 Å². The van der Waals surface area contributed by atoms with Gasteiger partial charge in [-0.3, -0.25) is 4.79 Å². The topological polar surface area (TPSA) is 72.5 Å². The van der Waals surface area contributed by atoms with Gasteiger partial charge in [-0.2, -0.15) is 0 Å². The van der Waals surface area contributed by atoms with Crippen LogP contribution < -0.4 is 4.72 Å². The molecule has 0 atom stereocenters. The third-order valence-corrected chi connectivity index (χ3v) is 4.69. The molecule has 1 fully saturated rings. The molecule has 0 heterocycles. The van der Waals surface area contributed by atoms with Crippen molar-refractivity contribution in [3.63, 3.8) is 0 Å². The average Bonchev–Trinajstić information content (AvgIpc) is 3.16. The summed E-state index contributed by atoms with van der Waals surface area (Å²) in [4.78, 5) is 11.7. The smallest absolute Gasteiger partial charge is 0.264 e. The van der Waals surface area contributed by atoms with Crippen molar-refractivity contribution in [1.29, 1.82) is 0 Å². The van der Waals surface area contributed by atoms with Crippen LogP contribution in [0.2, 0.25) is 0 Å². The molecule has 1 N–H and O–H groups in total. The van der Waals surface area contributed by atoms with Gasteiger partial charge in [0, 0.05) is 0 Å². The standard InChI is InChI=1S/C14H19NO4S/c1-10-3-6-13(7-11(10)2)20(17,18)15-14(16)9-19-8-12-4-5-12/h3,6-7,12H,4-5,8-9H2,1-2H3,(H,15,16). The molecule has 1 aliphatic rings. The van der Waals surface area contributed by atoms with Crippen molar-refractivity contribution in [2.75, 3.05) is 13.2 Å². The lowest BCUT2D eigenvalue weighted by Gasteiger charge is -2.09. The van der Waals surface area contributed by atoms with Crippen molar-refractivity contribution in [3.8, 4) is 0 Å². The summed E-state index contributed by atoms with van der Waals surface area (Å²) in [7, 11) is -3.81. The number of sulfonamides is 1. The first-order valence-corrected chi connectivity index (χ1v) is 8.07. The van der Waals surface area contributed by atoms with E-state index in [-0.39, 0.29) is 11.5 Å². The zero-order chi connectivity index (χ0) is 14.8. The molecule has 6 heteroatoms. The van der Waals surface area contributed by atoms with Crippen LogP contribution in [-0.2, 0) is 19.6 Å². The average molecular weight is 297 g/mol. The van der Waals surface area contributed by atoms with Crippen molar-refractivity contribution in [3.05, 3.63) is 29.3 Å². The summed E-state index contributed by atoms with van der Waals surface area (Å²) in [6.45, 7) is 4.03. The van der Waals surface area contributed by atoms with Crippen LogP contribution in [0.3, 0.4) is 0 Å². The summed E-state index contributed by atoms with van der Waals surface area (Å²) < 4.78 is 31.2. The molecule has 0 radical (unpaired) electrons. The molecule has 1 amide bonds. The number of carbonyl (C=O) groups excluding carboxylic acids is 1. The normalized spacial score (nSPS) is 15.1. The first-order valence-electron chi connectivity index (χ1n) is 6.59. The second-order valence-corrected chi connectivity index (χ2v) is 6.92. The molecule has 5 nitrogen and oxygen atoms in total. The Kier molecular flexibility index (Phi) is 4.45. The van der Waals surface area contributed by atoms with Gasteiger partial charge in [0.15, 0.2) is 0 Å². The Labute approximate surface area is 119 Å². The van der Waals surface area contributed by atoms with Crippen molar-refractivity contribution >= 4 is 15.9 Å². The first kappa shape index (κ1) is 15.0. The lowest BCUT2D eigenvalue weighted by molar-refractivity contribution is -0.124. The number of aryl methyl sites for hydroxylation is 2. The predicted molar refractivity (Wildman–Crippen MR) is 74.8 cm³/mol. The van der Waals surface area contributed by atoms with Gasteiger partial charge >= 0.3 is 0 Å². The summed E-state index contributed by atoms with van der Waals surface area (Å²) in [5.41, 5.74) is 1.87. The minimum Gasteiger partial charge on any atom is -0.371 e. The quantitative estimate of drug-likeness (QED) is 0.864. The zero-order valence-corrected chi connectivity index (χ0v) is 12.5. The minimum absolute atomic E-state index is 0.0937. The number of ether oxygens (including phenoxy) is 1. The van der Waals surface area contributed by atoms with Crippen molar-refractivity contribution in [2.24, 2.45) is 5.92 Å². The fourth-order valence-corrected chi connectivity index (χ4v) is 2.78. The summed E-state index contributed by atoms with van der Waals surface area (Å²) in [6.07, 6.45) is 2.26. The summed E-state index contributed by atoms with van der Waals surface area (Å²) in [5, 5.41) is 0. The van der Waals surface area contributed by atoms with Crippen LogP contribution in [0, 0.1) is 19.8 Å². The van der Waals surface area contributed by atoms with Crippen molar-refractivity contribution < 1.29 is 17.9 Å². The number of rotatable bonds is 6. The van der Waals surface area contributed by atoms with Gasteiger partial charge in [-0.1, -0.05) is 6.07 Å². The molecule has 0 spiro atoms. The van der Waals surface area contributed by atoms with Gasteiger partial charge in [-0.15, -0.1) is 0 Å². The van der Waals surface area contributed by atoms with E-state index < -0.39 is 15.9 Å². The van der Waals surface area contributed by atoms with E-state index in [1.165, 1.54) is 6.07 Å². The van der Waals surface area contributed by atoms with E-state index in [9.17, 15) is 13.2 Å². The Morgan fingerprint density at radius 2 is 2.00 bits per heavy atom. The highest BCUT2D eigenvalue weighted by atomic mass is 32.2. The Balaban J connectivity index is 1.94. The highest BCUT2D eigenvalue weighted by Crippen LogP contribution is 2.28. The maximum Gasteiger partial charge on any atom is 0.264 e. The monoisotopic (exact) mass is 297 g/mol. The van der Waals surface area contributed by atoms with E-state index in [0.717, 1.165) is 24.0 Å². The Bertz CT molecular complexity index is 606. The number of hydrogen-bond acceptors (Lipinski definition) is 4. The van der Waals surface area contributed by atoms with Gasteiger partial charge in [-0.25, -0.2) is 13.1 Å². The van der Waals surface area contributed by atoms with E-state index in [2.05, 4.69) is 0 Å². The summed E-state index contributed by atoms with van der Waals surface area (Å²) in [5.74, 6) is -0.0944. The molecule has 0 aromatic heterocycles.